The Morgan fingerprint density at radius 3 is 2.88 bits per heavy atom. The van der Waals surface area contributed by atoms with Gasteiger partial charge < -0.3 is 4.57 Å². The number of ketones is 1. The summed E-state index contributed by atoms with van der Waals surface area (Å²) in [5.41, 5.74) is 0.586. The molecule has 2 rings (SSSR count). The second kappa shape index (κ2) is 4.55. The Hall–Kier alpha value is -0.880. The first kappa shape index (κ1) is 11.6. The van der Waals surface area contributed by atoms with Gasteiger partial charge in [0.2, 0.25) is 5.78 Å². The van der Waals surface area contributed by atoms with E-state index >= 15 is 0 Å². The van der Waals surface area contributed by atoms with E-state index in [1.54, 1.807) is 36.1 Å². The maximum absolute atomic E-state index is 12.2. The van der Waals surface area contributed by atoms with Gasteiger partial charge in [0.05, 0.1) is 0 Å². The molecule has 0 unspecified atom stereocenters. The number of nitrogens with zero attached hydrogens (tertiary/aromatic N) is 2. The number of carbonyl (C=O) groups excluding carboxylic acids is 1. The minimum Gasteiger partial charge on any atom is -0.331 e. The average Bonchev–Trinajstić information content (AvgIpc) is 2.67. The average molecular weight is 347 g/mol. The van der Waals surface area contributed by atoms with Gasteiger partial charge in [0, 0.05) is 33.6 Å². The summed E-state index contributed by atoms with van der Waals surface area (Å²) in [6.07, 6.45) is 3.34. The lowest BCUT2D eigenvalue weighted by Crippen LogP contribution is -2.10. The standard InChI is InChI=1S/C11H8ClIN2O/c1-15-5-4-14-11(15)10(16)8-6-7(12)2-3-9(8)13/h2-6H,1H3. The molecule has 82 valence electrons. The molecule has 0 fully saturated rings. The first-order chi connectivity index (χ1) is 7.59. The van der Waals surface area contributed by atoms with Crippen LogP contribution < -0.4 is 0 Å². The normalized spacial score (nSPS) is 10.4. The van der Waals surface area contributed by atoms with E-state index in [0.717, 1.165) is 3.57 Å². The molecule has 0 aliphatic carbocycles. The topological polar surface area (TPSA) is 34.9 Å². The van der Waals surface area contributed by atoms with Crippen LogP contribution in [-0.2, 0) is 7.05 Å². The first-order valence-electron chi connectivity index (χ1n) is 4.56. The van der Waals surface area contributed by atoms with Crippen molar-refractivity contribution >= 4 is 40.0 Å². The van der Waals surface area contributed by atoms with Gasteiger partial charge in [0.15, 0.2) is 5.82 Å². The van der Waals surface area contributed by atoms with Gasteiger partial charge in [-0.25, -0.2) is 4.98 Å². The van der Waals surface area contributed by atoms with Gasteiger partial charge in [-0.3, -0.25) is 4.79 Å². The zero-order valence-corrected chi connectivity index (χ0v) is 11.4. The highest BCUT2D eigenvalue weighted by Crippen LogP contribution is 2.20. The molecule has 0 amide bonds. The lowest BCUT2D eigenvalue weighted by Gasteiger charge is -2.04. The van der Waals surface area contributed by atoms with E-state index in [-0.39, 0.29) is 5.78 Å². The van der Waals surface area contributed by atoms with Crippen molar-refractivity contribution in [1.82, 2.24) is 9.55 Å². The zero-order valence-electron chi connectivity index (χ0n) is 8.45. The Morgan fingerprint density at radius 2 is 2.25 bits per heavy atom. The van der Waals surface area contributed by atoms with Crippen LogP contribution in [0.1, 0.15) is 16.2 Å². The molecule has 0 bridgehead atoms. The Kier molecular flexibility index (Phi) is 3.30. The Labute approximate surface area is 112 Å². The van der Waals surface area contributed by atoms with Crippen molar-refractivity contribution in [3.63, 3.8) is 0 Å². The summed E-state index contributed by atoms with van der Waals surface area (Å²) in [5, 5.41) is 0.554. The third-order valence-corrected chi connectivity index (χ3v) is 3.37. The molecular formula is C11H8ClIN2O. The van der Waals surface area contributed by atoms with Gasteiger partial charge in [-0.2, -0.15) is 0 Å². The number of benzene rings is 1. The van der Waals surface area contributed by atoms with E-state index in [9.17, 15) is 4.79 Å². The molecule has 0 saturated carbocycles. The molecule has 0 saturated heterocycles. The van der Waals surface area contributed by atoms with Crippen molar-refractivity contribution in [2.24, 2.45) is 7.05 Å². The summed E-state index contributed by atoms with van der Waals surface area (Å²) in [6, 6.07) is 5.25. The number of halogens is 2. The smallest absolute Gasteiger partial charge is 0.229 e. The molecule has 0 radical (unpaired) electrons. The second-order valence-corrected chi connectivity index (χ2v) is 4.91. The van der Waals surface area contributed by atoms with E-state index in [1.165, 1.54) is 0 Å². The number of aryl methyl sites for hydroxylation is 1. The van der Waals surface area contributed by atoms with Gasteiger partial charge in [0.25, 0.3) is 0 Å². The predicted octanol–water partition coefficient (Wildman–Crippen LogP) is 2.91. The van der Waals surface area contributed by atoms with Gasteiger partial charge in [-0.1, -0.05) is 11.6 Å². The maximum atomic E-state index is 12.2. The summed E-state index contributed by atoms with van der Waals surface area (Å²) >= 11 is 7.99. The highest BCUT2D eigenvalue weighted by atomic mass is 127. The first-order valence-corrected chi connectivity index (χ1v) is 6.02. The molecule has 1 aromatic carbocycles. The second-order valence-electron chi connectivity index (χ2n) is 3.32. The Morgan fingerprint density at radius 1 is 1.50 bits per heavy atom. The molecule has 0 atom stereocenters. The van der Waals surface area contributed by atoms with Crippen molar-refractivity contribution in [3.8, 4) is 0 Å². The summed E-state index contributed by atoms with van der Waals surface area (Å²) in [5.74, 6) is 0.305. The zero-order chi connectivity index (χ0) is 11.7. The van der Waals surface area contributed by atoms with Gasteiger partial charge >= 0.3 is 0 Å². The van der Waals surface area contributed by atoms with Crippen LogP contribution in [0.4, 0.5) is 0 Å². The molecule has 0 N–H and O–H groups in total. The van der Waals surface area contributed by atoms with Crippen molar-refractivity contribution in [3.05, 3.63) is 50.6 Å². The SMILES string of the molecule is Cn1ccnc1C(=O)c1cc(Cl)ccc1I. The van der Waals surface area contributed by atoms with Crippen molar-refractivity contribution in [1.29, 1.82) is 0 Å². The monoisotopic (exact) mass is 346 g/mol. The van der Waals surface area contributed by atoms with Crippen molar-refractivity contribution in [2.45, 2.75) is 0 Å². The molecule has 1 aromatic heterocycles. The van der Waals surface area contributed by atoms with Crippen LogP contribution in [0.25, 0.3) is 0 Å². The highest BCUT2D eigenvalue weighted by Gasteiger charge is 2.16. The van der Waals surface area contributed by atoms with Crippen LogP contribution in [0.3, 0.4) is 0 Å². The largest absolute Gasteiger partial charge is 0.331 e. The fraction of sp³-hybridized carbons (Fsp3) is 0.0909. The van der Waals surface area contributed by atoms with Gasteiger partial charge in [-0.15, -0.1) is 0 Å². The van der Waals surface area contributed by atoms with Gasteiger partial charge in [0.1, 0.15) is 0 Å². The highest BCUT2D eigenvalue weighted by molar-refractivity contribution is 14.1. The lowest BCUT2D eigenvalue weighted by molar-refractivity contribution is 0.102. The van der Waals surface area contributed by atoms with Crippen molar-refractivity contribution < 1.29 is 4.79 Å². The molecule has 0 aliphatic rings. The van der Waals surface area contributed by atoms with Gasteiger partial charge in [-0.05, 0) is 40.8 Å². The molecule has 0 spiro atoms. The molecule has 5 heteroatoms. The third kappa shape index (κ3) is 2.12. The quantitative estimate of drug-likeness (QED) is 0.619. The molecule has 3 nitrogen and oxygen atoms in total. The fourth-order valence-electron chi connectivity index (χ4n) is 1.38. The van der Waals surface area contributed by atoms with Crippen LogP contribution >= 0.6 is 34.2 Å². The number of aromatic nitrogens is 2. The van der Waals surface area contributed by atoms with E-state index in [0.29, 0.717) is 16.4 Å². The number of hydrogen-bond donors (Lipinski definition) is 0. The summed E-state index contributed by atoms with van der Waals surface area (Å²) in [4.78, 5) is 16.2. The van der Waals surface area contributed by atoms with E-state index in [4.69, 9.17) is 11.6 Å². The number of carbonyl (C=O) groups is 1. The Bertz CT molecular complexity index is 551. The number of imidazole rings is 1. The molecule has 2 aromatic rings. The van der Waals surface area contributed by atoms with E-state index < -0.39 is 0 Å². The van der Waals surface area contributed by atoms with E-state index in [1.807, 2.05) is 6.07 Å². The van der Waals surface area contributed by atoms with Crippen molar-refractivity contribution in [2.75, 3.05) is 0 Å². The minimum absolute atomic E-state index is 0.112. The molecule has 0 aliphatic heterocycles. The van der Waals surface area contributed by atoms with Crippen LogP contribution in [0.15, 0.2) is 30.6 Å². The number of hydrogen-bond acceptors (Lipinski definition) is 2. The lowest BCUT2D eigenvalue weighted by atomic mass is 10.1. The number of rotatable bonds is 2. The minimum atomic E-state index is -0.112. The molecule has 1 heterocycles. The molecular weight excluding hydrogens is 338 g/mol. The summed E-state index contributed by atoms with van der Waals surface area (Å²) in [7, 11) is 1.79. The van der Waals surface area contributed by atoms with Crippen LogP contribution in [0.2, 0.25) is 5.02 Å². The van der Waals surface area contributed by atoms with Crippen LogP contribution in [-0.4, -0.2) is 15.3 Å². The molecule has 16 heavy (non-hydrogen) atoms. The van der Waals surface area contributed by atoms with E-state index in [2.05, 4.69) is 27.6 Å². The maximum Gasteiger partial charge on any atom is 0.229 e. The third-order valence-electron chi connectivity index (χ3n) is 2.20. The predicted molar refractivity (Wildman–Crippen MR) is 70.8 cm³/mol. The Balaban J connectivity index is 2.49. The summed E-state index contributed by atoms with van der Waals surface area (Å²) in [6.45, 7) is 0. The fourth-order valence-corrected chi connectivity index (χ4v) is 2.13. The summed E-state index contributed by atoms with van der Waals surface area (Å²) < 4.78 is 2.56. The van der Waals surface area contributed by atoms with Crippen LogP contribution in [0.5, 0.6) is 0 Å². The van der Waals surface area contributed by atoms with Crippen LogP contribution in [0, 0.1) is 3.57 Å².